The molecule has 0 unspecified atom stereocenters. The molecule has 13 heteroatoms. The number of aromatic nitrogens is 8. The predicted octanol–water partition coefficient (Wildman–Crippen LogP) is 4.30. The fourth-order valence-corrected chi connectivity index (χ4v) is 5.60. The van der Waals surface area contributed by atoms with Gasteiger partial charge in [-0.05, 0) is 38.1 Å². The third kappa shape index (κ3) is 4.84. The van der Waals surface area contributed by atoms with Crippen molar-refractivity contribution in [3.63, 3.8) is 0 Å². The average molecular weight is 577 g/mol. The number of thioether (sulfide) groups is 1. The minimum absolute atomic E-state index is 0.205. The van der Waals surface area contributed by atoms with E-state index in [1.54, 1.807) is 37.1 Å². The number of halogens is 1. The molecule has 0 saturated carbocycles. The van der Waals surface area contributed by atoms with Gasteiger partial charge < -0.3 is 9.47 Å². The van der Waals surface area contributed by atoms with E-state index in [1.807, 2.05) is 36.7 Å². The molecule has 0 amide bonds. The highest BCUT2D eigenvalue weighted by molar-refractivity contribution is 7.98. The van der Waals surface area contributed by atoms with Gasteiger partial charge in [-0.15, -0.1) is 5.10 Å². The summed E-state index contributed by atoms with van der Waals surface area (Å²) < 4.78 is 16.2. The normalized spacial score (nSPS) is 11.6. The number of pyridine rings is 1. The fourth-order valence-electron chi connectivity index (χ4n) is 4.60. The highest BCUT2D eigenvalue weighted by Gasteiger charge is 2.18. The van der Waals surface area contributed by atoms with Gasteiger partial charge in [0.1, 0.15) is 5.65 Å². The van der Waals surface area contributed by atoms with Crippen LogP contribution in [0.3, 0.4) is 0 Å². The zero-order valence-electron chi connectivity index (χ0n) is 22.3. The third-order valence-corrected chi connectivity index (χ3v) is 7.65. The van der Waals surface area contributed by atoms with Crippen molar-refractivity contribution in [1.29, 1.82) is 0 Å². The smallest absolute Gasteiger partial charge is 0.258 e. The molecule has 1 aromatic carbocycles. The van der Waals surface area contributed by atoms with Gasteiger partial charge in [-0.2, -0.15) is 9.61 Å². The van der Waals surface area contributed by atoms with Crippen LogP contribution in [-0.4, -0.2) is 53.0 Å². The lowest BCUT2D eigenvalue weighted by atomic mass is 10.2. The lowest BCUT2D eigenvalue weighted by Gasteiger charge is -2.11. The van der Waals surface area contributed by atoms with E-state index in [0.29, 0.717) is 68.7 Å². The van der Waals surface area contributed by atoms with Gasteiger partial charge in [0.25, 0.3) is 5.56 Å². The summed E-state index contributed by atoms with van der Waals surface area (Å²) in [7, 11) is 3.18. The standard InChI is InChI=1S/C27H25ClN8O3S/c1-15-9-16(2)35(32-15)8-7-23-31-26-19-11-21(38-3)22(39-4)12-20(19)30-27(36(26)33-23)40-14-18-10-25(37)34-13-17(28)5-6-24(34)29-18/h5-6,9-13H,7-8,14H2,1-4H3. The van der Waals surface area contributed by atoms with Crippen molar-refractivity contribution in [3.8, 4) is 11.5 Å². The van der Waals surface area contributed by atoms with Gasteiger partial charge in [-0.1, -0.05) is 23.4 Å². The first-order chi connectivity index (χ1) is 19.3. The molecule has 0 spiro atoms. The summed E-state index contributed by atoms with van der Waals surface area (Å²) in [5.41, 5.74) is 4.33. The van der Waals surface area contributed by atoms with Crippen molar-refractivity contribution >= 4 is 45.6 Å². The lowest BCUT2D eigenvalue weighted by Crippen LogP contribution is -2.15. The van der Waals surface area contributed by atoms with Crippen LogP contribution in [0.15, 0.2) is 52.5 Å². The summed E-state index contributed by atoms with van der Waals surface area (Å²) >= 11 is 7.46. The maximum Gasteiger partial charge on any atom is 0.258 e. The molecule has 0 aliphatic rings. The molecule has 6 aromatic rings. The number of hydrogen-bond acceptors (Lipinski definition) is 9. The van der Waals surface area contributed by atoms with Crippen LogP contribution in [0.2, 0.25) is 5.02 Å². The van der Waals surface area contributed by atoms with Crippen LogP contribution >= 0.6 is 23.4 Å². The average Bonchev–Trinajstić information content (AvgIpc) is 3.52. The van der Waals surface area contributed by atoms with E-state index in [0.717, 1.165) is 16.8 Å². The molecular formula is C27H25ClN8O3S. The molecule has 5 aromatic heterocycles. The number of aryl methyl sites for hydroxylation is 4. The Bertz CT molecular complexity index is 1970. The SMILES string of the molecule is COc1cc2nc(SCc3cc(=O)n4cc(Cl)ccc4n3)n3nc(CCn4nc(C)cc4C)nc3c2cc1OC. The van der Waals surface area contributed by atoms with E-state index >= 15 is 0 Å². The Morgan fingerprint density at radius 1 is 0.975 bits per heavy atom. The minimum Gasteiger partial charge on any atom is -0.493 e. The van der Waals surface area contributed by atoms with Gasteiger partial charge in [0, 0.05) is 48.1 Å². The van der Waals surface area contributed by atoms with Gasteiger partial charge in [-0.25, -0.2) is 15.0 Å². The Kier molecular flexibility index (Phi) is 6.80. The number of benzene rings is 1. The third-order valence-electron chi connectivity index (χ3n) is 6.47. The van der Waals surface area contributed by atoms with Gasteiger partial charge in [0.2, 0.25) is 0 Å². The molecule has 0 aliphatic carbocycles. The van der Waals surface area contributed by atoms with Gasteiger partial charge in [-0.3, -0.25) is 13.9 Å². The van der Waals surface area contributed by atoms with Crippen LogP contribution in [0.25, 0.3) is 22.2 Å². The maximum absolute atomic E-state index is 12.7. The first-order valence-corrected chi connectivity index (χ1v) is 13.8. The first kappa shape index (κ1) is 26.1. The summed E-state index contributed by atoms with van der Waals surface area (Å²) in [4.78, 5) is 27.1. The van der Waals surface area contributed by atoms with Crippen LogP contribution in [0.4, 0.5) is 0 Å². The van der Waals surface area contributed by atoms with E-state index in [-0.39, 0.29) is 5.56 Å². The second-order valence-electron chi connectivity index (χ2n) is 9.23. The monoisotopic (exact) mass is 576 g/mol. The van der Waals surface area contributed by atoms with Crippen molar-refractivity contribution in [3.05, 3.63) is 80.9 Å². The molecular weight excluding hydrogens is 552 g/mol. The number of methoxy groups -OCH3 is 2. The number of fused-ring (bicyclic) bond motifs is 4. The molecule has 0 aliphatic heterocycles. The largest absolute Gasteiger partial charge is 0.493 e. The molecule has 0 saturated heterocycles. The lowest BCUT2D eigenvalue weighted by molar-refractivity contribution is 0.355. The van der Waals surface area contributed by atoms with Crippen molar-refractivity contribution in [2.75, 3.05) is 14.2 Å². The number of hydrogen-bond donors (Lipinski definition) is 0. The molecule has 6 rings (SSSR count). The van der Waals surface area contributed by atoms with Crippen molar-refractivity contribution < 1.29 is 9.47 Å². The van der Waals surface area contributed by atoms with Gasteiger partial charge in [0.05, 0.1) is 36.1 Å². The topological polar surface area (TPSA) is 114 Å². The molecule has 0 radical (unpaired) electrons. The van der Waals surface area contributed by atoms with Crippen LogP contribution in [0.5, 0.6) is 11.5 Å². The molecule has 5 heterocycles. The first-order valence-electron chi connectivity index (χ1n) is 12.5. The van der Waals surface area contributed by atoms with Gasteiger partial charge in [0.15, 0.2) is 28.1 Å². The van der Waals surface area contributed by atoms with Gasteiger partial charge >= 0.3 is 0 Å². The molecule has 0 fully saturated rings. The minimum atomic E-state index is -0.205. The number of rotatable bonds is 8. The summed E-state index contributed by atoms with van der Waals surface area (Å²) in [6.45, 7) is 4.66. The van der Waals surface area contributed by atoms with Crippen LogP contribution in [-0.2, 0) is 18.7 Å². The summed E-state index contributed by atoms with van der Waals surface area (Å²) in [6, 6.07) is 10.7. The van der Waals surface area contributed by atoms with Crippen LogP contribution in [0.1, 0.15) is 22.9 Å². The molecule has 204 valence electrons. The Hall–Kier alpha value is -4.16. The molecule has 0 atom stereocenters. The Balaban J connectivity index is 1.40. The van der Waals surface area contributed by atoms with E-state index in [4.69, 9.17) is 36.1 Å². The maximum atomic E-state index is 12.7. The highest BCUT2D eigenvalue weighted by Crippen LogP contribution is 2.34. The molecule has 0 N–H and O–H groups in total. The zero-order chi connectivity index (χ0) is 28.0. The predicted molar refractivity (Wildman–Crippen MR) is 153 cm³/mol. The molecule has 40 heavy (non-hydrogen) atoms. The number of ether oxygens (including phenoxy) is 2. The van der Waals surface area contributed by atoms with E-state index in [2.05, 4.69) is 10.1 Å². The summed E-state index contributed by atoms with van der Waals surface area (Å²) in [6.07, 6.45) is 2.15. The Labute approximate surface area is 237 Å². The van der Waals surface area contributed by atoms with Crippen LogP contribution in [0, 0.1) is 13.8 Å². The van der Waals surface area contributed by atoms with E-state index in [1.165, 1.54) is 22.2 Å². The zero-order valence-corrected chi connectivity index (χ0v) is 23.8. The van der Waals surface area contributed by atoms with Crippen LogP contribution < -0.4 is 15.0 Å². The molecule has 11 nitrogen and oxygen atoms in total. The number of nitrogens with zero attached hydrogens (tertiary/aromatic N) is 8. The fraction of sp³-hybridized carbons (Fsp3) is 0.259. The second-order valence-corrected chi connectivity index (χ2v) is 10.6. The Morgan fingerprint density at radius 3 is 2.52 bits per heavy atom. The summed E-state index contributed by atoms with van der Waals surface area (Å²) in [5.74, 6) is 2.20. The van der Waals surface area contributed by atoms with Crippen molar-refractivity contribution in [2.45, 2.75) is 37.7 Å². The van der Waals surface area contributed by atoms with E-state index < -0.39 is 0 Å². The van der Waals surface area contributed by atoms with E-state index in [9.17, 15) is 4.79 Å². The quantitative estimate of drug-likeness (QED) is 0.193. The van der Waals surface area contributed by atoms with Crippen molar-refractivity contribution in [2.24, 2.45) is 0 Å². The summed E-state index contributed by atoms with van der Waals surface area (Å²) in [5, 5.41) is 11.2. The Morgan fingerprint density at radius 2 is 1.77 bits per heavy atom. The second kappa shape index (κ2) is 10.4. The molecule has 0 bridgehead atoms. The van der Waals surface area contributed by atoms with Crippen molar-refractivity contribution in [1.82, 2.24) is 38.7 Å². The highest BCUT2D eigenvalue weighted by atomic mass is 35.5.